The van der Waals surface area contributed by atoms with Crippen molar-refractivity contribution in [2.24, 2.45) is 0 Å². The lowest BCUT2D eigenvalue weighted by Crippen LogP contribution is -2.56. The summed E-state index contributed by atoms with van der Waals surface area (Å²) in [7, 11) is 0. The van der Waals surface area contributed by atoms with Crippen molar-refractivity contribution in [1.82, 2.24) is 10.2 Å². The maximum absolute atomic E-state index is 14.2. The first-order chi connectivity index (χ1) is 29.5. The van der Waals surface area contributed by atoms with E-state index in [0.29, 0.717) is 49.4 Å². The number of nitrogens with zero attached hydrogens (tertiary/aromatic N) is 2. The number of carbonyl (C=O) groups is 4. The Labute approximate surface area is 361 Å². The van der Waals surface area contributed by atoms with Crippen LogP contribution < -0.4 is 14.8 Å². The largest absolute Gasteiger partial charge is 0.489 e. The number of Topliss-reactive ketones (excluding diaryl/α,β-unsaturated/α-hetero) is 1. The monoisotopic (exact) mass is 849 g/mol. The molecule has 0 radical (unpaired) electrons. The number of hydrogen-bond donors (Lipinski definition) is 2. The minimum Gasteiger partial charge on any atom is -0.489 e. The Bertz CT molecular complexity index is 2680. The number of benzene rings is 6. The Morgan fingerprint density at radius 1 is 0.820 bits per heavy atom. The number of fused-ring (bicyclic) bond motifs is 2. The van der Waals surface area contributed by atoms with Crippen LogP contribution in [0.3, 0.4) is 0 Å². The fourth-order valence-corrected chi connectivity index (χ4v) is 7.97. The van der Waals surface area contributed by atoms with Gasteiger partial charge in [0, 0.05) is 42.5 Å². The highest BCUT2D eigenvalue weighted by Crippen LogP contribution is 2.38. The van der Waals surface area contributed by atoms with Crippen LogP contribution in [0.15, 0.2) is 133 Å². The number of carboxylic acids is 1. The van der Waals surface area contributed by atoms with Crippen LogP contribution in [0.2, 0.25) is 10.0 Å². The SMILES string of the molecule is N#Cc1ccc(-c2ccc(C[C@H](NC(=O)[C@@H]3Cc4cc5c(cc4CN3C(=O)c3ccccc3)OC(c3ccc(OCc4ccc(Cl)c(Cl)c4)cc3)C(=O)C5)C(=O)O)cc2)cc1. The predicted molar refractivity (Wildman–Crippen MR) is 229 cm³/mol. The van der Waals surface area contributed by atoms with Gasteiger partial charge in [0.2, 0.25) is 5.91 Å². The Morgan fingerprint density at radius 3 is 2.18 bits per heavy atom. The van der Waals surface area contributed by atoms with E-state index in [4.69, 9.17) is 37.9 Å². The Balaban J connectivity index is 0.991. The number of ether oxygens (including phenoxy) is 2. The summed E-state index contributed by atoms with van der Waals surface area (Å²) >= 11 is 12.2. The van der Waals surface area contributed by atoms with Crippen LogP contribution in [0, 0.1) is 11.3 Å². The molecular formula is C49H37Cl2N3O7. The summed E-state index contributed by atoms with van der Waals surface area (Å²) in [5.41, 5.74) is 7.10. The first-order valence-corrected chi connectivity index (χ1v) is 20.3. The van der Waals surface area contributed by atoms with Gasteiger partial charge in [-0.05, 0) is 88.0 Å². The maximum Gasteiger partial charge on any atom is 0.326 e. The lowest BCUT2D eigenvalue weighted by molar-refractivity contribution is -0.142. The quantitative estimate of drug-likeness (QED) is 0.132. The van der Waals surface area contributed by atoms with Crippen LogP contribution >= 0.6 is 23.2 Å². The van der Waals surface area contributed by atoms with Crippen molar-refractivity contribution in [3.63, 3.8) is 0 Å². The van der Waals surface area contributed by atoms with E-state index in [9.17, 15) is 24.3 Å². The molecule has 304 valence electrons. The van der Waals surface area contributed by atoms with Gasteiger partial charge in [-0.1, -0.05) is 102 Å². The van der Waals surface area contributed by atoms with E-state index in [1.807, 2.05) is 42.5 Å². The van der Waals surface area contributed by atoms with Crippen LogP contribution in [0.4, 0.5) is 0 Å². The van der Waals surface area contributed by atoms with E-state index in [0.717, 1.165) is 27.8 Å². The van der Waals surface area contributed by atoms with Crippen LogP contribution in [0.1, 0.15) is 55.4 Å². The zero-order chi connectivity index (χ0) is 42.6. The number of hydrogen-bond acceptors (Lipinski definition) is 7. The standard InChI is InChI=1S/C49H37Cl2N3O7/c50-40-19-10-31(20-41(40)51)28-60-39-17-15-34(16-18-39)46-44(55)24-37-22-36-23-43(54(27-38(36)25-45(37)61-46)48(57)35-4-2-1-3-5-35)47(56)53-42(49(58)59)21-29-6-11-32(12-7-29)33-13-8-30(26-52)9-14-33/h1-20,22,25,42-43,46H,21,23-24,27-28H2,(H,53,56)(H,58,59)/t42-,43-,46?/m0/s1. The number of amides is 2. The molecule has 0 bridgehead atoms. The molecule has 6 aromatic carbocycles. The third kappa shape index (κ3) is 9.14. The molecule has 0 saturated carbocycles. The van der Waals surface area contributed by atoms with Gasteiger partial charge in [-0.2, -0.15) is 5.26 Å². The van der Waals surface area contributed by atoms with Crippen LogP contribution in [0.5, 0.6) is 11.5 Å². The van der Waals surface area contributed by atoms with E-state index in [2.05, 4.69) is 11.4 Å². The Morgan fingerprint density at radius 2 is 1.51 bits per heavy atom. The average Bonchev–Trinajstić information content (AvgIpc) is 3.28. The summed E-state index contributed by atoms with van der Waals surface area (Å²) in [6, 6.07) is 39.0. The van der Waals surface area contributed by atoms with Gasteiger partial charge >= 0.3 is 5.97 Å². The van der Waals surface area contributed by atoms with Gasteiger partial charge in [0.05, 0.1) is 21.7 Å². The number of nitrogens with one attached hydrogen (secondary N) is 1. The van der Waals surface area contributed by atoms with Gasteiger partial charge in [-0.15, -0.1) is 0 Å². The summed E-state index contributed by atoms with van der Waals surface area (Å²) in [5, 5.41) is 23.0. The van der Waals surface area contributed by atoms with Crippen LogP contribution in [-0.2, 0) is 46.8 Å². The Hall–Kier alpha value is -6.93. The second-order valence-corrected chi connectivity index (χ2v) is 15.8. The lowest BCUT2D eigenvalue weighted by atomic mass is 9.87. The second kappa shape index (κ2) is 17.7. The Kier molecular flexibility index (Phi) is 11.9. The van der Waals surface area contributed by atoms with Crippen molar-refractivity contribution < 1.29 is 33.8 Å². The normalized spacial score (nSPS) is 16.0. The first-order valence-electron chi connectivity index (χ1n) is 19.5. The van der Waals surface area contributed by atoms with Gasteiger partial charge < -0.3 is 24.8 Å². The highest BCUT2D eigenvalue weighted by Gasteiger charge is 2.39. The average molecular weight is 851 g/mol. The molecule has 8 rings (SSSR count). The maximum atomic E-state index is 14.2. The number of carboxylic acid groups (broad SMARTS) is 1. The summed E-state index contributed by atoms with van der Waals surface area (Å²) in [5.74, 6) is -1.24. The molecule has 0 fully saturated rings. The summed E-state index contributed by atoms with van der Waals surface area (Å²) in [4.78, 5) is 55.8. The van der Waals surface area contributed by atoms with Gasteiger partial charge in [0.15, 0.2) is 11.9 Å². The molecule has 0 aromatic heterocycles. The summed E-state index contributed by atoms with van der Waals surface area (Å²) in [6.07, 6.45) is -0.663. The highest BCUT2D eigenvalue weighted by atomic mass is 35.5. The van der Waals surface area contributed by atoms with Crippen molar-refractivity contribution in [2.75, 3.05) is 0 Å². The van der Waals surface area contributed by atoms with E-state index in [1.165, 1.54) is 4.90 Å². The van der Waals surface area contributed by atoms with Gasteiger partial charge in [0.1, 0.15) is 30.2 Å². The van der Waals surface area contributed by atoms with Crippen molar-refractivity contribution in [3.05, 3.63) is 188 Å². The molecule has 2 aliphatic heterocycles. The van der Waals surface area contributed by atoms with Crippen LogP contribution in [0.25, 0.3) is 11.1 Å². The van der Waals surface area contributed by atoms with E-state index >= 15 is 0 Å². The molecule has 6 aromatic rings. The van der Waals surface area contributed by atoms with Gasteiger partial charge in [-0.3, -0.25) is 14.4 Å². The molecule has 10 nitrogen and oxygen atoms in total. The molecule has 0 spiro atoms. The molecular weight excluding hydrogens is 813 g/mol. The molecule has 1 unspecified atom stereocenters. The third-order valence-electron chi connectivity index (χ3n) is 10.9. The topological polar surface area (TPSA) is 146 Å². The zero-order valence-electron chi connectivity index (χ0n) is 32.5. The number of rotatable bonds is 11. The predicted octanol–water partition coefficient (Wildman–Crippen LogP) is 8.74. The molecule has 0 aliphatic carbocycles. The smallest absolute Gasteiger partial charge is 0.326 e. The molecule has 3 atom stereocenters. The van der Waals surface area contributed by atoms with Crippen molar-refractivity contribution in [1.29, 1.82) is 5.26 Å². The van der Waals surface area contributed by atoms with E-state index < -0.39 is 30.1 Å². The number of ketones is 1. The van der Waals surface area contributed by atoms with E-state index in [1.54, 1.807) is 91.0 Å². The molecule has 2 N–H and O–H groups in total. The van der Waals surface area contributed by atoms with E-state index in [-0.39, 0.29) is 44.1 Å². The molecule has 61 heavy (non-hydrogen) atoms. The fourth-order valence-electron chi connectivity index (χ4n) is 7.65. The molecule has 12 heteroatoms. The number of nitriles is 1. The number of halogens is 2. The van der Waals surface area contributed by atoms with Crippen molar-refractivity contribution >= 4 is 46.8 Å². The highest BCUT2D eigenvalue weighted by molar-refractivity contribution is 6.42. The molecule has 0 saturated heterocycles. The first kappa shape index (κ1) is 40.8. The van der Waals surface area contributed by atoms with Gasteiger partial charge in [-0.25, -0.2) is 4.79 Å². The number of carbonyl (C=O) groups excluding carboxylic acids is 3. The summed E-state index contributed by atoms with van der Waals surface area (Å²) < 4.78 is 12.3. The summed E-state index contributed by atoms with van der Waals surface area (Å²) in [6.45, 7) is 0.327. The molecule has 2 amide bonds. The second-order valence-electron chi connectivity index (χ2n) is 15.0. The zero-order valence-corrected chi connectivity index (χ0v) is 34.0. The van der Waals surface area contributed by atoms with Crippen molar-refractivity contribution in [2.45, 2.75) is 50.6 Å². The van der Waals surface area contributed by atoms with Gasteiger partial charge in [0.25, 0.3) is 5.91 Å². The molecule has 2 aliphatic rings. The van der Waals surface area contributed by atoms with Crippen LogP contribution in [-0.4, -0.2) is 45.7 Å². The molecule has 2 heterocycles. The minimum absolute atomic E-state index is 0.00721. The third-order valence-corrected chi connectivity index (χ3v) is 11.7. The van der Waals surface area contributed by atoms with Crippen molar-refractivity contribution in [3.8, 4) is 28.7 Å². The number of aliphatic carboxylic acids is 1. The minimum atomic E-state index is -1.28. The lowest BCUT2D eigenvalue weighted by Gasteiger charge is -2.37. The fraction of sp³-hybridized carbons (Fsp3) is 0.163.